The summed E-state index contributed by atoms with van der Waals surface area (Å²) in [5, 5.41) is 4.50. The summed E-state index contributed by atoms with van der Waals surface area (Å²) in [6, 6.07) is 8.83. The van der Waals surface area contributed by atoms with Crippen LogP contribution >= 0.6 is 23.4 Å². The van der Waals surface area contributed by atoms with E-state index in [9.17, 15) is 0 Å². The molecule has 0 fully saturated rings. The van der Waals surface area contributed by atoms with Crippen molar-refractivity contribution in [1.29, 1.82) is 0 Å². The number of nitrogens with zero attached hydrogens (tertiary/aromatic N) is 1. The molecule has 2 heterocycles. The molecule has 3 rings (SSSR count). The first kappa shape index (κ1) is 14.1. The Bertz CT molecular complexity index is 594. The van der Waals surface area contributed by atoms with Crippen LogP contribution in [0.1, 0.15) is 30.5 Å². The summed E-state index contributed by atoms with van der Waals surface area (Å²) in [4.78, 5) is 1.37. The highest BCUT2D eigenvalue weighted by molar-refractivity contribution is 7.99. The van der Waals surface area contributed by atoms with Gasteiger partial charge < -0.3 is 9.88 Å². The number of halogens is 1. The van der Waals surface area contributed by atoms with Crippen molar-refractivity contribution in [3.05, 3.63) is 52.8 Å². The monoisotopic (exact) mass is 306 g/mol. The predicted octanol–water partition coefficient (Wildman–Crippen LogP) is 4.49. The average molecular weight is 307 g/mol. The fourth-order valence-electron chi connectivity index (χ4n) is 2.61. The normalized spacial score (nSPS) is 18.0. The third kappa shape index (κ3) is 3.05. The highest BCUT2D eigenvalue weighted by Crippen LogP contribution is 2.37. The molecule has 1 N–H and O–H groups in total. The predicted molar refractivity (Wildman–Crippen MR) is 86.5 cm³/mol. The third-order valence-electron chi connectivity index (χ3n) is 3.74. The minimum Gasteiger partial charge on any atom is -0.354 e. The summed E-state index contributed by atoms with van der Waals surface area (Å²) in [5.41, 5.74) is 2.69. The second-order valence-electron chi connectivity index (χ2n) is 5.10. The Labute approximate surface area is 129 Å². The molecule has 1 aromatic heterocycles. The van der Waals surface area contributed by atoms with Gasteiger partial charge in [-0.05, 0) is 54.5 Å². The van der Waals surface area contributed by atoms with Crippen LogP contribution in [0.3, 0.4) is 0 Å². The van der Waals surface area contributed by atoms with Crippen LogP contribution in [-0.2, 0) is 13.1 Å². The van der Waals surface area contributed by atoms with Crippen molar-refractivity contribution in [3.63, 3.8) is 0 Å². The van der Waals surface area contributed by atoms with E-state index in [0.29, 0.717) is 6.04 Å². The number of thioether (sulfide) groups is 1. The van der Waals surface area contributed by atoms with E-state index >= 15 is 0 Å². The van der Waals surface area contributed by atoms with E-state index in [0.717, 1.165) is 24.5 Å². The van der Waals surface area contributed by atoms with Gasteiger partial charge in [0.25, 0.3) is 0 Å². The minimum absolute atomic E-state index is 0.412. The maximum Gasteiger partial charge on any atom is 0.0410 e. The summed E-state index contributed by atoms with van der Waals surface area (Å²) in [7, 11) is 0. The van der Waals surface area contributed by atoms with Crippen molar-refractivity contribution in [1.82, 2.24) is 9.88 Å². The van der Waals surface area contributed by atoms with Gasteiger partial charge >= 0.3 is 0 Å². The lowest BCUT2D eigenvalue weighted by Crippen LogP contribution is -2.24. The Kier molecular flexibility index (Phi) is 4.39. The number of hydrogen-bond acceptors (Lipinski definition) is 2. The van der Waals surface area contributed by atoms with Crippen LogP contribution in [0.4, 0.5) is 0 Å². The smallest absolute Gasteiger partial charge is 0.0410 e. The molecule has 0 spiro atoms. The molecule has 0 radical (unpaired) electrons. The Balaban J connectivity index is 1.71. The Morgan fingerprint density at radius 1 is 1.40 bits per heavy atom. The van der Waals surface area contributed by atoms with Gasteiger partial charge in [0.05, 0.1) is 0 Å². The van der Waals surface area contributed by atoms with Crippen molar-refractivity contribution < 1.29 is 0 Å². The van der Waals surface area contributed by atoms with Crippen LogP contribution in [0.5, 0.6) is 0 Å². The van der Waals surface area contributed by atoms with Gasteiger partial charge in [0.2, 0.25) is 0 Å². The number of nitrogens with one attached hydrogen (secondary N) is 1. The minimum atomic E-state index is 0.412. The fourth-order valence-corrected chi connectivity index (χ4v) is 3.90. The summed E-state index contributed by atoms with van der Waals surface area (Å²) in [5.74, 6) is 1.17. The second-order valence-corrected chi connectivity index (χ2v) is 6.68. The van der Waals surface area contributed by atoms with Crippen molar-refractivity contribution in [2.45, 2.75) is 37.4 Å². The zero-order valence-electron chi connectivity index (χ0n) is 11.6. The van der Waals surface area contributed by atoms with Gasteiger partial charge in [0.15, 0.2) is 0 Å². The number of benzene rings is 1. The van der Waals surface area contributed by atoms with Gasteiger partial charge in [-0.15, -0.1) is 11.8 Å². The second kappa shape index (κ2) is 6.25. The van der Waals surface area contributed by atoms with Crippen LogP contribution in [0.2, 0.25) is 5.02 Å². The molecule has 0 saturated carbocycles. The molecule has 2 aromatic rings. The van der Waals surface area contributed by atoms with E-state index < -0.39 is 0 Å². The highest BCUT2D eigenvalue weighted by atomic mass is 35.5. The molecule has 4 heteroatoms. The Morgan fingerprint density at radius 2 is 2.30 bits per heavy atom. The van der Waals surface area contributed by atoms with Crippen LogP contribution in [0, 0.1) is 0 Å². The molecule has 106 valence electrons. The Morgan fingerprint density at radius 3 is 3.10 bits per heavy atom. The molecule has 0 aliphatic carbocycles. The van der Waals surface area contributed by atoms with Crippen LogP contribution < -0.4 is 5.32 Å². The fraction of sp³-hybridized carbons (Fsp3) is 0.375. The summed E-state index contributed by atoms with van der Waals surface area (Å²) in [6.45, 7) is 4.10. The lowest BCUT2D eigenvalue weighted by atomic mass is 10.0. The van der Waals surface area contributed by atoms with Crippen LogP contribution in [-0.4, -0.2) is 10.3 Å². The van der Waals surface area contributed by atoms with E-state index in [1.54, 1.807) is 0 Å². The molecule has 1 atom stereocenters. The van der Waals surface area contributed by atoms with E-state index in [1.165, 1.54) is 21.8 Å². The molecule has 2 nitrogen and oxygen atoms in total. The molecular formula is C16H19ClN2S. The van der Waals surface area contributed by atoms with Crippen molar-refractivity contribution >= 4 is 23.4 Å². The number of rotatable bonds is 4. The van der Waals surface area contributed by atoms with Gasteiger partial charge in [0.1, 0.15) is 0 Å². The third-order valence-corrected chi connectivity index (χ3v) is 5.10. The average Bonchev–Trinajstić information content (AvgIpc) is 2.93. The van der Waals surface area contributed by atoms with Gasteiger partial charge in [0, 0.05) is 41.4 Å². The number of fused-ring (bicyclic) bond motifs is 1. The maximum atomic E-state index is 6.14. The molecule has 0 bridgehead atoms. The van der Waals surface area contributed by atoms with Gasteiger partial charge in [-0.25, -0.2) is 0 Å². The number of aromatic nitrogens is 1. The van der Waals surface area contributed by atoms with Crippen molar-refractivity contribution in [2.24, 2.45) is 0 Å². The molecule has 1 aliphatic heterocycles. The molecule has 1 aliphatic rings. The molecule has 0 amide bonds. The summed E-state index contributed by atoms with van der Waals surface area (Å²) < 4.78 is 2.21. The zero-order chi connectivity index (χ0) is 13.9. The van der Waals surface area contributed by atoms with Crippen molar-refractivity contribution in [2.75, 3.05) is 5.75 Å². The molecule has 0 saturated heterocycles. The lowest BCUT2D eigenvalue weighted by molar-refractivity contribution is 0.509. The van der Waals surface area contributed by atoms with E-state index in [2.05, 4.69) is 47.4 Å². The SMILES string of the molecule is CCn1ccc(CNC2CCSc3ccc(Cl)cc32)c1. The van der Waals surface area contributed by atoms with Gasteiger partial charge in [-0.2, -0.15) is 0 Å². The topological polar surface area (TPSA) is 17.0 Å². The molecule has 1 unspecified atom stereocenters. The summed E-state index contributed by atoms with van der Waals surface area (Å²) >= 11 is 8.07. The van der Waals surface area contributed by atoms with Gasteiger partial charge in [-0.1, -0.05) is 11.6 Å². The Hall–Kier alpha value is -0.900. The van der Waals surface area contributed by atoms with E-state index in [-0.39, 0.29) is 0 Å². The van der Waals surface area contributed by atoms with Crippen LogP contribution in [0.25, 0.3) is 0 Å². The largest absolute Gasteiger partial charge is 0.354 e. The maximum absolute atomic E-state index is 6.14. The van der Waals surface area contributed by atoms with Crippen LogP contribution in [0.15, 0.2) is 41.6 Å². The molecular weight excluding hydrogens is 288 g/mol. The first-order chi connectivity index (χ1) is 9.76. The quantitative estimate of drug-likeness (QED) is 0.896. The molecule has 20 heavy (non-hydrogen) atoms. The first-order valence-electron chi connectivity index (χ1n) is 7.06. The van der Waals surface area contributed by atoms with Gasteiger partial charge in [-0.3, -0.25) is 0 Å². The number of hydrogen-bond donors (Lipinski definition) is 1. The van der Waals surface area contributed by atoms with Crippen molar-refractivity contribution in [3.8, 4) is 0 Å². The van der Waals surface area contributed by atoms with E-state index in [4.69, 9.17) is 11.6 Å². The highest BCUT2D eigenvalue weighted by Gasteiger charge is 2.20. The summed E-state index contributed by atoms with van der Waals surface area (Å²) in [6.07, 6.45) is 5.51. The van der Waals surface area contributed by atoms with E-state index in [1.807, 2.05) is 17.8 Å². The standard InChI is InChI=1S/C16H19ClN2S/c1-2-19-7-5-12(11-19)10-18-15-6-8-20-16-4-3-13(17)9-14(15)16/h3-5,7,9,11,15,18H,2,6,8,10H2,1H3. The first-order valence-corrected chi connectivity index (χ1v) is 8.43. The number of aryl methyl sites for hydroxylation is 1. The molecule has 1 aromatic carbocycles. The lowest BCUT2D eigenvalue weighted by Gasteiger charge is -2.26. The zero-order valence-corrected chi connectivity index (χ0v) is 13.2.